The zero-order chi connectivity index (χ0) is 26.1. The van der Waals surface area contributed by atoms with E-state index in [0.29, 0.717) is 5.56 Å². The van der Waals surface area contributed by atoms with Crippen molar-refractivity contribution in [1.29, 1.82) is 0 Å². The Morgan fingerprint density at radius 3 is 2.39 bits per heavy atom. The lowest BCUT2D eigenvalue weighted by Gasteiger charge is -2.23. The molecular formula is C22H18F5N5O3S. The molecule has 14 heteroatoms. The zero-order valence-corrected chi connectivity index (χ0v) is 19.1. The van der Waals surface area contributed by atoms with Gasteiger partial charge in [0.2, 0.25) is 21.8 Å². The molecule has 2 aromatic heterocycles. The van der Waals surface area contributed by atoms with E-state index in [1.807, 2.05) is 0 Å². The molecule has 4 rings (SSSR count). The van der Waals surface area contributed by atoms with E-state index in [1.54, 1.807) is 0 Å². The minimum Gasteiger partial charge on any atom is -0.351 e. The van der Waals surface area contributed by atoms with Gasteiger partial charge in [-0.3, -0.25) is 9.78 Å². The SMILES string of the molecule is O=C(NCc1ccnc(-c2cnc(C(F)(F)F)nc2)c1)C1CC(F)CN1S(=O)(=O)c1ccc(F)cc1. The first-order valence-electron chi connectivity index (χ1n) is 10.5. The van der Waals surface area contributed by atoms with Gasteiger partial charge in [0.25, 0.3) is 0 Å². The van der Waals surface area contributed by atoms with Crippen molar-refractivity contribution in [3.8, 4) is 11.3 Å². The number of halogens is 5. The molecule has 1 aromatic carbocycles. The molecule has 2 unspecified atom stereocenters. The van der Waals surface area contributed by atoms with E-state index in [0.717, 1.165) is 41.0 Å². The molecule has 1 aliphatic heterocycles. The first-order valence-corrected chi connectivity index (χ1v) is 11.9. The topological polar surface area (TPSA) is 105 Å². The molecule has 2 atom stereocenters. The molecule has 1 saturated heterocycles. The molecular weight excluding hydrogens is 509 g/mol. The van der Waals surface area contributed by atoms with Gasteiger partial charge in [-0.05, 0) is 42.0 Å². The molecule has 3 heterocycles. The summed E-state index contributed by atoms with van der Waals surface area (Å²) in [5.74, 6) is -2.68. The number of hydrogen-bond donors (Lipinski definition) is 1. The highest BCUT2D eigenvalue weighted by molar-refractivity contribution is 7.89. The normalized spacial score (nSPS) is 18.8. The standard InChI is InChI=1S/C22H18F5N5O3S/c23-15-1-3-17(4-2-15)36(34,35)32-12-16(24)8-19(32)20(33)29-9-13-5-6-28-18(7-13)14-10-30-21(31-11-14)22(25,26)27/h1-7,10-11,16,19H,8-9,12H2,(H,29,33). The van der Waals surface area contributed by atoms with E-state index in [9.17, 15) is 35.2 Å². The minimum atomic E-state index is -4.69. The van der Waals surface area contributed by atoms with Gasteiger partial charge in [0.05, 0.1) is 10.6 Å². The second kappa shape index (κ2) is 9.85. The Kier molecular flexibility index (Phi) is 7.00. The van der Waals surface area contributed by atoms with Crippen molar-refractivity contribution in [2.45, 2.75) is 36.3 Å². The van der Waals surface area contributed by atoms with Gasteiger partial charge >= 0.3 is 6.18 Å². The van der Waals surface area contributed by atoms with Crippen LogP contribution >= 0.6 is 0 Å². The number of nitrogens with one attached hydrogen (secondary N) is 1. The van der Waals surface area contributed by atoms with Crippen LogP contribution in [0, 0.1) is 5.82 Å². The molecule has 1 fully saturated rings. The molecule has 3 aromatic rings. The highest BCUT2D eigenvalue weighted by atomic mass is 32.2. The number of pyridine rings is 1. The minimum absolute atomic E-state index is 0.0896. The number of carbonyl (C=O) groups excluding carboxylic acids is 1. The maximum atomic E-state index is 14.2. The fourth-order valence-corrected chi connectivity index (χ4v) is 5.28. The van der Waals surface area contributed by atoms with Crippen molar-refractivity contribution < 1.29 is 35.2 Å². The molecule has 0 spiro atoms. The lowest BCUT2D eigenvalue weighted by Crippen LogP contribution is -2.45. The number of rotatable bonds is 6. The second-order valence-corrected chi connectivity index (χ2v) is 9.83. The van der Waals surface area contributed by atoms with Crippen molar-refractivity contribution in [1.82, 2.24) is 24.6 Å². The molecule has 1 N–H and O–H groups in total. The summed E-state index contributed by atoms with van der Waals surface area (Å²) in [6, 6.07) is 5.69. The summed E-state index contributed by atoms with van der Waals surface area (Å²) in [6.07, 6.45) is -3.29. The highest BCUT2D eigenvalue weighted by Gasteiger charge is 2.44. The smallest absolute Gasteiger partial charge is 0.351 e. The lowest BCUT2D eigenvalue weighted by atomic mass is 10.1. The van der Waals surface area contributed by atoms with Crippen LogP contribution in [-0.2, 0) is 27.5 Å². The third kappa shape index (κ3) is 5.49. The largest absolute Gasteiger partial charge is 0.451 e. The van der Waals surface area contributed by atoms with Gasteiger partial charge in [-0.15, -0.1) is 0 Å². The Labute approximate surface area is 202 Å². The van der Waals surface area contributed by atoms with E-state index >= 15 is 0 Å². The Bertz CT molecular complexity index is 1350. The van der Waals surface area contributed by atoms with Crippen LogP contribution in [0.1, 0.15) is 17.8 Å². The van der Waals surface area contributed by atoms with Crippen molar-refractivity contribution in [2.24, 2.45) is 0 Å². The molecule has 0 saturated carbocycles. The van der Waals surface area contributed by atoms with Gasteiger partial charge in [-0.2, -0.15) is 17.5 Å². The number of sulfonamides is 1. The van der Waals surface area contributed by atoms with Crippen molar-refractivity contribution >= 4 is 15.9 Å². The van der Waals surface area contributed by atoms with Gasteiger partial charge < -0.3 is 5.32 Å². The van der Waals surface area contributed by atoms with Gasteiger partial charge in [0, 0.05) is 43.7 Å². The van der Waals surface area contributed by atoms with Crippen molar-refractivity contribution in [3.05, 3.63) is 72.2 Å². The van der Waals surface area contributed by atoms with Crippen LogP contribution in [-0.4, -0.2) is 52.3 Å². The molecule has 0 bridgehead atoms. The maximum Gasteiger partial charge on any atom is 0.451 e. The summed E-state index contributed by atoms with van der Waals surface area (Å²) >= 11 is 0. The summed E-state index contributed by atoms with van der Waals surface area (Å²) in [5.41, 5.74) is 0.959. The number of benzene rings is 1. The summed E-state index contributed by atoms with van der Waals surface area (Å²) in [7, 11) is -4.26. The van der Waals surface area contributed by atoms with Crippen LogP contribution in [0.5, 0.6) is 0 Å². The molecule has 1 aliphatic rings. The quantitative estimate of drug-likeness (QED) is 0.494. The number of amides is 1. The molecule has 190 valence electrons. The van der Waals surface area contributed by atoms with E-state index in [1.165, 1.54) is 18.3 Å². The predicted octanol–water partition coefficient (Wildman–Crippen LogP) is 3.11. The zero-order valence-electron chi connectivity index (χ0n) is 18.3. The molecule has 0 radical (unpaired) electrons. The lowest BCUT2D eigenvalue weighted by molar-refractivity contribution is -0.145. The van der Waals surface area contributed by atoms with E-state index in [2.05, 4.69) is 20.3 Å². The number of aromatic nitrogens is 3. The Morgan fingerprint density at radius 2 is 1.75 bits per heavy atom. The van der Waals surface area contributed by atoms with Crippen LogP contribution in [0.3, 0.4) is 0 Å². The van der Waals surface area contributed by atoms with Gasteiger partial charge in [0.15, 0.2) is 0 Å². The fraction of sp³-hybridized carbons (Fsp3) is 0.273. The van der Waals surface area contributed by atoms with Crippen LogP contribution in [0.2, 0.25) is 0 Å². The predicted molar refractivity (Wildman–Crippen MR) is 116 cm³/mol. The van der Waals surface area contributed by atoms with Crippen LogP contribution < -0.4 is 5.32 Å². The van der Waals surface area contributed by atoms with Crippen LogP contribution in [0.25, 0.3) is 11.3 Å². The third-order valence-electron chi connectivity index (χ3n) is 5.42. The Hall–Kier alpha value is -3.52. The van der Waals surface area contributed by atoms with Crippen LogP contribution in [0.15, 0.2) is 59.9 Å². The Balaban J connectivity index is 1.46. The monoisotopic (exact) mass is 527 g/mol. The molecule has 1 amide bonds. The summed E-state index contributed by atoms with van der Waals surface area (Å²) in [5, 5.41) is 2.55. The highest BCUT2D eigenvalue weighted by Crippen LogP contribution is 2.29. The first kappa shape index (κ1) is 25.6. The van der Waals surface area contributed by atoms with E-state index < -0.39 is 52.5 Å². The Morgan fingerprint density at radius 1 is 1.08 bits per heavy atom. The summed E-state index contributed by atoms with van der Waals surface area (Å²) in [6.45, 7) is -0.612. The number of carbonyl (C=O) groups is 1. The number of nitrogens with zero attached hydrogens (tertiary/aromatic N) is 4. The maximum absolute atomic E-state index is 14.2. The van der Waals surface area contributed by atoms with Crippen LogP contribution in [0.4, 0.5) is 22.0 Å². The summed E-state index contributed by atoms with van der Waals surface area (Å²) < 4.78 is 92.0. The summed E-state index contributed by atoms with van der Waals surface area (Å²) in [4.78, 5) is 23.2. The van der Waals surface area contributed by atoms with Crippen molar-refractivity contribution in [3.63, 3.8) is 0 Å². The van der Waals surface area contributed by atoms with Gasteiger partial charge in [-0.25, -0.2) is 27.2 Å². The van der Waals surface area contributed by atoms with Gasteiger partial charge in [-0.1, -0.05) is 0 Å². The third-order valence-corrected chi connectivity index (χ3v) is 7.31. The molecule has 36 heavy (non-hydrogen) atoms. The van der Waals surface area contributed by atoms with Gasteiger partial charge in [0.1, 0.15) is 18.0 Å². The molecule has 8 nitrogen and oxygen atoms in total. The van der Waals surface area contributed by atoms with Crippen molar-refractivity contribution in [2.75, 3.05) is 6.54 Å². The average Bonchev–Trinajstić information content (AvgIpc) is 3.25. The number of alkyl halides is 4. The second-order valence-electron chi connectivity index (χ2n) is 7.94. The first-order chi connectivity index (χ1) is 16.9. The molecule has 0 aliphatic carbocycles. The van der Waals surface area contributed by atoms with E-state index in [4.69, 9.17) is 0 Å². The van der Waals surface area contributed by atoms with E-state index in [-0.39, 0.29) is 29.1 Å². The average molecular weight is 527 g/mol. The fourth-order valence-electron chi connectivity index (χ4n) is 3.66. The number of hydrogen-bond acceptors (Lipinski definition) is 6.